The summed E-state index contributed by atoms with van der Waals surface area (Å²) in [6.07, 6.45) is 0. The van der Waals surface area contributed by atoms with Crippen molar-refractivity contribution in [2.75, 3.05) is 6.54 Å². The van der Waals surface area contributed by atoms with Crippen molar-refractivity contribution in [3.8, 4) is 0 Å². The molecule has 2 rings (SSSR count). The summed E-state index contributed by atoms with van der Waals surface area (Å²) in [4.78, 5) is 11.9. The molecule has 0 aliphatic carbocycles. The maximum absolute atomic E-state index is 10.9. The first-order valence-electron chi connectivity index (χ1n) is 6.48. The van der Waals surface area contributed by atoms with Gasteiger partial charge in [-0.05, 0) is 11.4 Å². The minimum Gasteiger partial charge on any atom is -0.312 e. The van der Waals surface area contributed by atoms with Crippen LogP contribution in [0.3, 0.4) is 0 Å². The average molecular weight is 290 g/mol. The van der Waals surface area contributed by atoms with Gasteiger partial charge < -0.3 is 5.32 Å². The van der Waals surface area contributed by atoms with E-state index in [0.29, 0.717) is 6.54 Å². The number of thiophene rings is 1. The lowest BCUT2D eigenvalue weighted by Gasteiger charge is -2.23. The van der Waals surface area contributed by atoms with Crippen LogP contribution in [0.5, 0.6) is 0 Å². The van der Waals surface area contributed by atoms with Gasteiger partial charge in [0.05, 0.1) is 4.92 Å². The molecular weight excluding hydrogens is 272 g/mol. The third kappa shape index (κ3) is 3.43. The zero-order valence-electron chi connectivity index (χ0n) is 11.6. The molecule has 5 heteroatoms. The molecule has 1 aromatic heterocycles. The van der Waals surface area contributed by atoms with Crippen LogP contribution in [0.15, 0.2) is 41.8 Å². The van der Waals surface area contributed by atoms with Gasteiger partial charge >= 0.3 is 0 Å². The molecule has 0 amide bonds. The monoisotopic (exact) mass is 290 g/mol. The molecule has 0 bridgehead atoms. The Hall–Kier alpha value is -1.72. The fraction of sp³-hybridized carbons (Fsp3) is 0.333. The molecule has 20 heavy (non-hydrogen) atoms. The Morgan fingerprint density at radius 2 is 2.00 bits per heavy atom. The number of nitro groups is 1. The Balaban J connectivity index is 1.98. The molecule has 0 aliphatic heterocycles. The fourth-order valence-electron chi connectivity index (χ4n) is 2.10. The molecule has 0 atom stereocenters. The fourth-order valence-corrected chi connectivity index (χ4v) is 2.95. The van der Waals surface area contributed by atoms with Crippen molar-refractivity contribution in [2.24, 2.45) is 0 Å². The molecule has 2 aromatic rings. The third-order valence-corrected chi connectivity index (χ3v) is 4.49. The Morgan fingerprint density at radius 1 is 1.25 bits per heavy atom. The summed E-state index contributed by atoms with van der Waals surface area (Å²) in [5, 5.41) is 16.3. The maximum Gasteiger partial charge on any atom is 0.273 e. The average Bonchev–Trinajstić information content (AvgIpc) is 2.93. The van der Waals surface area contributed by atoms with Crippen molar-refractivity contribution in [1.29, 1.82) is 0 Å². The van der Waals surface area contributed by atoms with Crippen LogP contribution in [-0.4, -0.2) is 11.5 Å². The largest absolute Gasteiger partial charge is 0.312 e. The van der Waals surface area contributed by atoms with Gasteiger partial charge in [-0.25, -0.2) is 0 Å². The number of para-hydroxylation sites is 1. The van der Waals surface area contributed by atoms with Gasteiger partial charge in [0.1, 0.15) is 0 Å². The molecule has 0 saturated heterocycles. The summed E-state index contributed by atoms with van der Waals surface area (Å²) in [5.41, 5.74) is 0.922. The van der Waals surface area contributed by atoms with E-state index in [-0.39, 0.29) is 16.0 Å². The van der Waals surface area contributed by atoms with Gasteiger partial charge in [-0.1, -0.05) is 38.1 Å². The Labute approximate surface area is 122 Å². The zero-order chi connectivity index (χ0) is 14.6. The standard InChI is InChI=1S/C15H18N2O2S/c1-15(2,14-8-5-9-20-14)11-16-10-12-6-3-4-7-13(12)17(18)19/h3-9,16H,10-11H2,1-2H3. The molecular formula is C15H18N2O2S. The van der Waals surface area contributed by atoms with Crippen LogP contribution >= 0.6 is 11.3 Å². The van der Waals surface area contributed by atoms with Gasteiger partial charge in [-0.3, -0.25) is 10.1 Å². The molecule has 1 heterocycles. The van der Waals surface area contributed by atoms with Gasteiger partial charge in [0.15, 0.2) is 0 Å². The van der Waals surface area contributed by atoms with E-state index in [1.54, 1.807) is 29.5 Å². The molecule has 0 spiro atoms. The lowest BCUT2D eigenvalue weighted by Crippen LogP contribution is -2.32. The summed E-state index contributed by atoms with van der Waals surface area (Å²) in [6.45, 7) is 5.63. The number of hydrogen-bond acceptors (Lipinski definition) is 4. The van der Waals surface area contributed by atoms with E-state index >= 15 is 0 Å². The topological polar surface area (TPSA) is 55.2 Å². The Kier molecular flexibility index (Phi) is 4.52. The van der Waals surface area contributed by atoms with Crippen molar-refractivity contribution in [2.45, 2.75) is 25.8 Å². The normalized spacial score (nSPS) is 11.5. The molecule has 1 N–H and O–H groups in total. The highest BCUT2D eigenvalue weighted by molar-refractivity contribution is 7.10. The first kappa shape index (κ1) is 14.7. The van der Waals surface area contributed by atoms with Crippen molar-refractivity contribution in [3.05, 3.63) is 62.3 Å². The van der Waals surface area contributed by atoms with Crippen LogP contribution in [0.1, 0.15) is 24.3 Å². The summed E-state index contributed by atoms with van der Waals surface area (Å²) in [6, 6.07) is 11.0. The SMILES string of the molecule is CC(C)(CNCc1ccccc1[N+](=O)[O-])c1cccs1. The van der Waals surface area contributed by atoms with Crippen molar-refractivity contribution in [1.82, 2.24) is 5.32 Å². The quantitative estimate of drug-likeness (QED) is 0.651. The predicted octanol–water partition coefficient (Wildman–Crippen LogP) is 3.72. The Morgan fingerprint density at radius 3 is 2.65 bits per heavy atom. The van der Waals surface area contributed by atoms with E-state index in [2.05, 4.69) is 30.6 Å². The molecule has 1 aromatic carbocycles. The Bertz CT molecular complexity index is 579. The smallest absolute Gasteiger partial charge is 0.273 e. The predicted molar refractivity (Wildman–Crippen MR) is 82.1 cm³/mol. The first-order chi connectivity index (χ1) is 9.50. The number of benzene rings is 1. The minimum atomic E-state index is -0.332. The highest BCUT2D eigenvalue weighted by atomic mass is 32.1. The first-order valence-corrected chi connectivity index (χ1v) is 7.36. The van der Waals surface area contributed by atoms with E-state index in [9.17, 15) is 10.1 Å². The number of hydrogen-bond donors (Lipinski definition) is 1. The van der Waals surface area contributed by atoms with Crippen LogP contribution in [0, 0.1) is 10.1 Å². The van der Waals surface area contributed by atoms with Crippen molar-refractivity contribution in [3.63, 3.8) is 0 Å². The second-order valence-corrected chi connectivity index (χ2v) is 6.30. The number of nitro benzene ring substituents is 1. The number of nitrogens with one attached hydrogen (secondary N) is 1. The van der Waals surface area contributed by atoms with Crippen LogP contribution in [-0.2, 0) is 12.0 Å². The van der Waals surface area contributed by atoms with E-state index in [1.165, 1.54) is 4.88 Å². The molecule has 0 saturated carbocycles. The minimum absolute atomic E-state index is 0.0255. The van der Waals surface area contributed by atoms with E-state index in [1.807, 2.05) is 12.1 Å². The molecule has 0 unspecified atom stereocenters. The highest BCUT2D eigenvalue weighted by Crippen LogP contribution is 2.27. The van der Waals surface area contributed by atoms with Crippen LogP contribution in [0.4, 0.5) is 5.69 Å². The lowest BCUT2D eigenvalue weighted by molar-refractivity contribution is -0.385. The summed E-state index contributed by atoms with van der Waals surface area (Å²) in [5.74, 6) is 0. The van der Waals surface area contributed by atoms with E-state index < -0.39 is 0 Å². The number of nitrogens with zero attached hydrogens (tertiary/aromatic N) is 1. The summed E-state index contributed by atoms with van der Waals surface area (Å²) < 4.78 is 0. The summed E-state index contributed by atoms with van der Waals surface area (Å²) >= 11 is 1.74. The molecule has 0 fully saturated rings. The van der Waals surface area contributed by atoms with Crippen molar-refractivity contribution >= 4 is 17.0 Å². The molecule has 106 valence electrons. The van der Waals surface area contributed by atoms with Crippen LogP contribution < -0.4 is 5.32 Å². The lowest BCUT2D eigenvalue weighted by atomic mass is 9.91. The van der Waals surface area contributed by atoms with Crippen molar-refractivity contribution < 1.29 is 4.92 Å². The van der Waals surface area contributed by atoms with Gasteiger partial charge in [-0.15, -0.1) is 11.3 Å². The van der Waals surface area contributed by atoms with Gasteiger partial charge in [0.25, 0.3) is 5.69 Å². The summed E-state index contributed by atoms with van der Waals surface area (Å²) in [7, 11) is 0. The molecule has 0 radical (unpaired) electrons. The van der Waals surface area contributed by atoms with E-state index in [4.69, 9.17) is 0 Å². The van der Waals surface area contributed by atoms with Gasteiger partial charge in [-0.2, -0.15) is 0 Å². The molecule has 0 aliphatic rings. The van der Waals surface area contributed by atoms with Gasteiger partial charge in [0.2, 0.25) is 0 Å². The number of rotatable bonds is 6. The van der Waals surface area contributed by atoms with E-state index in [0.717, 1.165) is 12.1 Å². The molecule has 4 nitrogen and oxygen atoms in total. The maximum atomic E-state index is 10.9. The van der Waals surface area contributed by atoms with Crippen LogP contribution in [0.25, 0.3) is 0 Å². The second kappa shape index (κ2) is 6.15. The van der Waals surface area contributed by atoms with Gasteiger partial charge in [0, 0.05) is 35.0 Å². The van der Waals surface area contributed by atoms with Crippen LogP contribution in [0.2, 0.25) is 0 Å². The second-order valence-electron chi connectivity index (χ2n) is 5.35. The third-order valence-electron chi connectivity index (χ3n) is 3.26. The highest BCUT2D eigenvalue weighted by Gasteiger charge is 2.21. The zero-order valence-corrected chi connectivity index (χ0v) is 12.4.